The summed E-state index contributed by atoms with van der Waals surface area (Å²) in [6, 6.07) is 17.9. The molecule has 2 heterocycles. The summed E-state index contributed by atoms with van der Waals surface area (Å²) in [6.07, 6.45) is 1.63. The molecule has 1 amide bonds. The van der Waals surface area contributed by atoms with Gasteiger partial charge in [-0.25, -0.2) is 9.97 Å². The van der Waals surface area contributed by atoms with Crippen molar-refractivity contribution in [3.05, 3.63) is 77.4 Å². The third kappa shape index (κ3) is 3.76. The summed E-state index contributed by atoms with van der Waals surface area (Å²) in [5.41, 5.74) is 1.58. The van der Waals surface area contributed by atoms with Gasteiger partial charge in [0.25, 0.3) is 5.91 Å². The van der Waals surface area contributed by atoms with Crippen molar-refractivity contribution in [3.63, 3.8) is 0 Å². The number of amides is 1. The SMILES string of the molecule is N#Cc1ccc(Oc2ccc3nc(C(=O)Nc4nccs4)ccc3c2)cc1. The molecular weight excluding hydrogens is 360 g/mol. The number of carbonyl (C=O) groups excluding carboxylic acids is 1. The summed E-state index contributed by atoms with van der Waals surface area (Å²) in [5, 5.41) is 14.7. The summed E-state index contributed by atoms with van der Waals surface area (Å²) >= 11 is 1.35. The van der Waals surface area contributed by atoms with Crippen LogP contribution in [0.4, 0.5) is 5.13 Å². The van der Waals surface area contributed by atoms with Gasteiger partial charge in [-0.3, -0.25) is 10.1 Å². The molecule has 7 heteroatoms. The summed E-state index contributed by atoms with van der Waals surface area (Å²) in [6.45, 7) is 0. The Labute approximate surface area is 158 Å². The number of hydrogen-bond acceptors (Lipinski definition) is 6. The molecule has 0 spiro atoms. The van der Waals surface area contributed by atoms with E-state index in [4.69, 9.17) is 10.00 Å². The molecule has 0 aliphatic heterocycles. The minimum absolute atomic E-state index is 0.301. The van der Waals surface area contributed by atoms with E-state index in [9.17, 15) is 4.79 Å². The first kappa shape index (κ1) is 16.7. The van der Waals surface area contributed by atoms with E-state index in [2.05, 4.69) is 21.4 Å². The van der Waals surface area contributed by atoms with Gasteiger partial charge in [0.05, 0.1) is 17.1 Å². The largest absolute Gasteiger partial charge is 0.457 e. The van der Waals surface area contributed by atoms with E-state index in [0.717, 1.165) is 5.39 Å². The van der Waals surface area contributed by atoms with E-state index >= 15 is 0 Å². The van der Waals surface area contributed by atoms with Crippen LogP contribution in [-0.2, 0) is 0 Å². The molecule has 0 aliphatic rings. The first-order valence-corrected chi connectivity index (χ1v) is 8.89. The van der Waals surface area contributed by atoms with Gasteiger partial charge in [0.15, 0.2) is 5.13 Å². The second-order valence-electron chi connectivity index (χ2n) is 5.58. The molecule has 4 aromatic rings. The van der Waals surface area contributed by atoms with Gasteiger partial charge >= 0.3 is 0 Å². The maximum Gasteiger partial charge on any atom is 0.276 e. The van der Waals surface area contributed by atoms with E-state index in [1.165, 1.54) is 11.3 Å². The summed E-state index contributed by atoms with van der Waals surface area (Å²) in [5.74, 6) is 0.986. The summed E-state index contributed by atoms with van der Waals surface area (Å²) in [7, 11) is 0. The van der Waals surface area contributed by atoms with E-state index < -0.39 is 0 Å². The molecule has 4 rings (SSSR count). The molecule has 0 aliphatic carbocycles. The molecule has 130 valence electrons. The molecule has 2 aromatic carbocycles. The standard InChI is InChI=1S/C20H12N4O2S/c21-12-13-1-4-15(5-2-13)26-16-6-8-17-14(11-16)3-7-18(23-17)19(25)24-20-22-9-10-27-20/h1-11H,(H,22,24,25). The number of nitrogens with one attached hydrogen (secondary N) is 1. The van der Waals surface area contributed by atoms with Gasteiger partial charge in [-0.05, 0) is 48.5 Å². The molecule has 1 N–H and O–H groups in total. The zero-order chi connectivity index (χ0) is 18.6. The second-order valence-corrected chi connectivity index (χ2v) is 6.48. The van der Waals surface area contributed by atoms with Crippen molar-refractivity contribution in [2.45, 2.75) is 0 Å². The Hall–Kier alpha value is -3.76. The quantitative estimate of drug-likeness (QED) is 0.565. The Bertz CT molecular complexity index is 1150. The number of rotatable bonds is 4. The molecule has 0 bridgehead atoms. The first-order chi connectivity index (χ1) is 13.2. The highest BCUT2D eigenvalue weighted by molar-refractivity contribution is 7.13. The van der Waals surface area contributed by atoms with Crippen LogP contribution in [0.5, 0.6) is 11.5 Å². The fourth-order valence-electron chi connectivity index (χ4n) is 2.47. The summed E-state index contributed by atoms with van der Waals surface area (Å²) < 4.78 is 5.81. The number of nitriles is 1. The summed E-state index contributed by atoms with van der Waals surface area (Å²) in [4.78, 5) is 20.7. The van der Waals surface area contributed by atoms with Crippen LogP contribution in [0.15, 0.2) is 66.2 Å². The number of anilines is 1. The van der Waals surface area contributed by atoms with Gasteiger partial charge in [-0.15, -0.1) is 11.3 Å². The van der Waals surface area contributed by atoms with Crippen LogP contribution in [0.2, 0.25) is 0 Å². The molecule has 0 saturated carbocycles. The number of hydrogen-bond donors (Lipinski definition) is 1. The topological polar surface area (TPSA) is 87.9 Å². The molecule has 6 nitrogen and oxygen atoms in total. The number of carbonyl (C=O) groups is 1. The number of pyridine rings is 1. The molecule has 0 saturated heterocycles. The highest BCUT2D eigenvalue weighted by Crippen LogP contribution is 2.25. The Kier molecular flexibility index (Phi) is 4.47. The molecule has 0 unspecified atom stereocenters. The lowest BCUT2D eigenvalue weighted by molar-refractivity contribution is 0.102. The molecule has 27 heavy (non-hydrogen) atoms. The molecule has 0 radical (unpaired) electrons. The van der Waals surface area contributed by atoms with Crippen LogP contribution in [0.1, 0.15) is 16.1 Å². The Morgan fingerprint density at radius 2 is 1.89 bits per heavy atom. The normalized spacial score (nSPS) is 10.3. The van der Waals surface area contributed by atoms with Gasteiger partial charge < -0.3 is 4.74 Å². The lowest BCUT2D eigenvalue weighted by atomic mass is 10.2. The lowest BCUT2D eigenvalue weighted by Gasteiger charge is -2.08. The minimum atomic E-state index is -0.301. The average Bonchev–Trinajstić information content (AvgIpc) is 3.21. The van der Waals surface area contributed by atoms with E-state index in [1.54, 1.807) is 54.0 Å². The van der Waals surface area contributed by atoms with Gasteiger partial charge in [-0.1, -0.05) is 6.07 Å². The smallest absolute Gasteiger partial charge is 0.276 e. The van der Waals surface area contributed by atoms with Crippen molar-refractivity contribution in [3.8, 4) is 17.6 Å². The van der Waals surface area contributed by atoms with E-state index in [-0.39, 0.29) is 5.91 Å². The lowest BCUT2D eigenvalue weighted by Crippen LogP contribution is -2.13. The van der Waals surface area contributed by atoms with Crippen molar-refractivity contribution in [1.82, 2.24) is 9.97 Å². The maximum atomic E-state index is 12.3. The third-order valence-corrected chi connectivity index (χ3v) is 4.45. The molecular formula is C20H12N4O2S. The average molecular weight is 372 g/mol. The number of fused-ring (bicyclic) bond motifs is 1. The highest BCUT2D eigenvalue weighted by atomic mass is 32.1. The van der Waals surface area contributed by atoms with Crippen LogP contribution in [0, 0.1) is 11.3 Å². The van der Waals surface area contributed by atoms with Gasteiger partial charge in [-0.2, -0.15) is 5.26 Å². The number of aromatic nitrogens is 2. The molecule has 0 fully saturated rings. The van der Waals surface area contributed by atoms with Crippen molar-refractivity contribution in [1.29, 1.82) is 5.26 Å². The third-order valence-electron chi connectivity index (χ3n) is 3.77. The minimum Gasteiger partial charge on any atom is -0.457 e. The van der Waals surface area contributed by atoms with Crippen LogP contribution in [0.25, 0.3) is 10.9 Å². The fraction of sp³-hybridized carbons (Fsp3) is 0. The zero-order valence-electron chi connectivity index (χ0n) is 13.9. The van der Waals surface area contributed by atoms with Crippen LogP contribution in [0.3, 0.4) is 0 Å². The zero-order valence-corrected chi connectivity index (χ0v) is 14.7. The second kappa shape index (κ2) is 7.23. The van der Waals surface area contributed by atoms with Crippen LogP contribution >= 0.6 is 11.3 Å². The van der Waals surface area contributed by atoms with Crippen LogP contribution < -0.4 is 10.1 Å². The number of thiazole rings is 1. The van der Waals surface area contributed by atoms with E-state index in [0.29, 0.717) is 33.4 Å². The fourth-order valence-corrected chi connectivity index (χ4v) is 3.00. The van der Waals surface area contributed by atoms with Crippen molar-refractivity contribution in [2.24, 2.45) is 0 Å². The van der Waals surface area contributed by atoms with Crippen molar-refractivity contribution < 1.29 is 9.53 Å². The van der Waals surface area contributed by atoms with Gasteiger partial charge in [0.2, 0.25) is 0 Å². The van der Waals surface area contributed by atoms with Gasteiger partial charge in [0.1, 0.15) is 17.2 Å². The number of nitrogens with zero attached hydrogens (tertiary/aromatic N) is 3. The monoisotopic (exact) mass is 372 g/mol. The van der Waals surface area contributed by atoms with Crippen LogP contribution in [-0.4, -0.2) is 15.9 Å². The number of benzene rings is 2. The Morgan fingerprint density at radius 3 is 2.63 bits per heavy atom. The van der Waals surface area contributed by atoms with Crippen molar-refractivity contribution in [2.75, 3.05) is 5.32 Å². The Balaban J connectivity index is 1.54. The maximum absolute atomic E-state index is 12.3. The predicted molar refractivity (Wildman–Crippen MR) is 103 cm³/mol. The molecule has 2 aromatic heterocycles. The number of ether oxygens (including phenoxy) is 1. The first-order valence-electron chi connectivity index (χ1n) is 8.01. The Morgan fingerprint density at radius 1 is 1.07 bits per heavy atom. The van der Waals surface area contributed by atoms with Gasteiger partial charge in [0, 0.05) is 17.0 Å². The molecule has 0 atom stereocenters. The van der Waals surface area contributed by atoms with E-state index in [1.807, 2.05) is 12.1 Å². The predicted octanol–water partition coefficient (Wildman–Crippen LogP) is 4.61. The highest BCUT2D eigenvalue weighted by Gasteiger charge is 2.10. The van der Waals surface area contributed by atoms with Crippen molar-refractivity contribution >= 4 is 33.3 Å².